The van der Waals surface area contributed by atoms with E-state index in [1.807, 2.05) is 11.3 Å². The van der Waals surface area contributed by atoms with Crippen LogP contribution in [0.3, 0.4) is 0 Å². The van der Waals surface area contributed by atoms with Crippen LogP contribution in [0.15, 0.2) is 53.9 Å². The fourth-order valence-electron chi connectivity index (χ4n) is 2.90. The summed E-state index contributed by atoms with van der Waals surface area (Å²) in [6, 6.07) is 17.2. The molecule has 21 heavy (non-hydrogen) atoms. The van der Waals surface area contributed by atoms with Gasteiger partial charge in [-0.25, -0.2) is 0 Å². The highest BCUT2D eigenvalue weighted by atomic mass is 32.1. The Bertz CT molecular complexity index is 904. The van der Waals surface area contributed by atoms with E-state index in [2.05, 4.69) is 60.8 Å². The van der Waals surface area contributed by atoms with Crippen molar-refractivity contribution in [2.75, 3.05) is 0 Å². The number of hydrogen-bond acceptors (Lipinski definition) is 3. The van der Waals surface area contributed by atoms with Gasteiger partial charge in [-0.1, -0.05) is 36.4 Å². The monoisotopic (exact) mass is 309 g/mol. The van der Waals surface area contributed by atoms with Crippen molar-refractivity contribution in [2.45, 2.75) is 13.0 Å². The minimum absolute atomic E-state index is 0.0549. The van der Waals surface area contributed by atoms with Gasteiger partial charge in [-0.05, 0) is 46.3 Å². The van der Waals surface area contributed by atoms with Crippen molar-refractivity contribution >= 4 is 42.8 Å². The Morgan fingerprint density at radius 3 is 2.71 bits per heavy atom. The lowest BCUT2D eigenvalue weighted by Crippen LogP contribution is -2.12. The standard InChI is InChI=1S/C18H15NS2/c1-11-6-7-12-4-2-3-5-13(12)17(11)18(19)16-10-15-14(21-16)8-9-20-15/h2-10,18H,19H2,1H3. The normalized spacial score (nSPS) is 13.0. The van der Waals surface area contributed by atoms with Crippen LogP contribution in [-0.4, -0.2) is 0 Å². The van der Waals surface area contributed by atoms with E-state index in [1.165, 1.54) is 36.2 Å². The number of thiophene rings is 2. The highest BCUT2D eigenvalue weighted by Crippen LogP contribution is 2.37. The molecule has 1 atom stereocenters. The van der Waals surface area contributed by atoms with Crippen LogP contribution < -0.4 is 5.73 Å². The second-order valence-corrected chi connectivity index (χ2v) is 7.36. The lowest BCUT2D eigenvalue weighted by atomic mass is 9.94. The summed E-state index contributed by atoms with van der Waals surface area (Å²) < 4.78 is 2.67. The molecule has 2 aromatic heterocycles. The maximum absolute atomic E-state index is 6.62. The quantitative estimate of drug-likeness (QED) is 0.522. The van der Waals surface area contributed by atoms with Gasteiger partial charge in [0.05, 0.1) is 6.04 Å². The Balaban J connectivity index is 1.92. The Kier molecular flexibility index (Phi) is 3.07. The SMILES string of the molecule is Cc1ccc2ccccc2c1C(N)c1cc2sccc2s1. The molecule has 0 radical (unpaired) electrons. The number of aryl methyl sites for hydroxylation is 1. The maximum Gasteiger partial charge on any atom is 0.0655 e. The van der Waals surface area contributed by atoms with Crippen LogP contribution in [0.1, 0.15) is 22.0 Å². The van der Waals surface area contributed by atoms with Crippen LogP contribution in [0.4, 0.5) is 0 Å². The third-order valence-corrected chi connectivity index (χ3v) is 6.14. The van der Waals surface area contributed by atoms with E-state index in [1.54, 1.807) is 11.3 Å². The van der Waals surface area contributed by atoms with Crippen molar-refractivity contribution in [3.63, 3.8) is 0 Å². The van der Waals surface area contributed by atoms with Gasteiger partial charge in [0.1, 0.15) is 0 Å². The van der Waals surface area contributed by atoms with E-state index < -0.39 is 0 Å². The second kappa shape index (κ2) is 4.95. The average molecular weight is 309 g/mol. The summed E-state index contributed by atoms with van der Waals surface area (Å²) in [5.74, 6) is 0. The molecule has 0 saturated heterocycles. The summed E-state index contributed by atoms with van der Waals surface area (Å²) in [4.78, 5) is 1.25. The molecule has 1 nitrogen and oxygen atoms in total. The van der Waals surface area contributed by atoms with Crippen LogP contribution in [0, 0.1) is 6.92 Å². The zero-order valence-electron chi connectivity index (χ0n) is 11.7. The molecule has 104 valence electrons. The predicted octanol–water partition coefficient (Wildman–Crippen LogP) is 5.47. The molecule has 0 saturated carbocycles. The molecule has 0 aliphatic rings. The molecule has 0 amide bonds. The Labute approximate surface area is 131 Å². The van der Waals surface area contributed by atoms with Gasteiger partial charge in [0.2, 0.25) is 0 Å². The number of hydrogen-bond donors (Lipinski definition) is 1. The molecule has 2 N–H and O–H groups in total. The van der Waals surface area contributed by atoms with Crippen LogP contribution in [0.25, 0.3) is 20.2 Å². The van der Waals surface area contributed by atoms with Crippen molar-refractivity contribution < 1.29 is 0 Å². The van der Waals surface area contributed by atoms with E-state index in [4.69, 9.17) is 5.73 Å². The number of benzene rings is 2. The fraction of sp³-hybridized carbons (Fsp3) is 0.111. The molecule has 1 unspecified atom stereocenters. The molecule has 0 spiro atoms. The predicted molar refractivity (Wildman–Crippen MR) is 94.4 cm³/mol. The van der Waals surface area contributed by atoms with Crippen LogP contribution in [0.2, 0.25) is 0 Å². The van der Waals surface area contributed by atoms with Gasteiger partial charge in [-0.2, -0.15) is 0 Å². The lowest BCUT2D eigenvalue weighted by molar-refractivity contribution is 0.894. The summed E-state index contributed by atoms with van der Waals surface area (Å²) in [6.45, 7) is 2.15. The van der Waals surface area contributed by atoms with Gasteiger partial charge in [0.25, 0.3) is 0 Å². The Morgan fingerprint density at radius 2 is 1.86 bits per heavy atom. The second-order valence-electron chi connectivity index (χ2n) is 5.29. The minimum atomic E-state index is -0.0549. The first-order chi connectivity index (χ1) is 10.2. The first kappa shape index (κ1) is 13.0. The highest BCUT2D eigenvalue weighted by molar-refractivity contribution is 7.27. The largest absolute Gasteiger partial charge is 0.320 e. The zero-order chi connectivity index (χ0) is 14.4. The van der Waals surface area contributed by atoms with Gasteiger partial charge in [0, 0.05) is 14.3 Å². The third-order valence-electron chi connectivity index (χ3n) is 3.96. The Hall–Kier alpha value is -1.68. The number of rotatable bonds is 2. The third kappa shape index (κ3) is 2.09. The summed E-state index contributed by atoms with van der Waals surface area (Å²) in [6.07, 6.45) is 0. The van der Waals surface area contributed by atoms with E-state index >= 15 is 0 Å². The number of fused-ring (bicyclic) bond motifs is 2. The minimum Gasteiger partial charge on any atom is -0.320 e. The molecule has 0 aliphatic heterocycles. The first-order valence-electron chi connectivity index (χ1n) is 6.95. The topological polar surface area (TPSA) is 26.0 Å². The smallest absolute Gasteiger partial charge is 0.0655 e. The first-order valence-corrected chi connectivity index (χ1v) is 8.64. The molecule has 4 rings (SSSR count). The van der Waals surface area contributed by atoms with E-state index in [9.17, 15) is 0 Å². The molecule has 0 aliphatic carbocycles. The van der Waals surface area contributed by atoms with Crippen molar-refractivity contribution in [1.82, 2.24) is 0 Å². The van der Waals surface area contributed by atoms with Gasteiger partial charge in [-0.15, -0.1) is 22.7 Å². The van der Waals surface area contributed by atoms with Gasteiger partial charge >= 0.3 is 0 Å². The summed E-state index contributed by atoms with van der Waals surface area (Å²) in [5, 5.41) is 4.66. The molecule has 4 aromatic rings. The molecule has 2 aromatic carbocycles. The van der Waals surface area contributed by atoms with Gasteiger partial charge < -0.3 is 5.73 Å². The van der Waals surface area contributed by atoms with Crippen molar-refractivity contribution in [3.8, 4) is 0 Å². The molecular formula is C18H15NS2. The summed E-state index contributed by atoms with van der Waals surface area (Å²) in [5.41, 5.74) is 9.14. The highest BCUT2D eigenvalue weighted by Gasteiger charge is 2.17. The van der Waals surface area contributed by atoms with E-state index in [-0.39, 0.29) is 6.04 Å². The molecule has 2 heterocycles. The fourth-order valence-corrected chi connectivity index (χ4v) is 5.03. The van der Waals surface area contributed by atoms with Crippen molar-refractivity contribution in [1.29, 1.82) is 0 Å². The molecule has 0 fully saturated rings. The number of nitrogens with two attached hydrogens (primary N) is 1. The van der Waals surface area contributed by atoms with Crippen molar-refractivity contribution in [2.24, 2.45) is 5.73 Å². The van der Waals surface area contributed by atoms with Gasteiger partial charge in [-0.3, -0.25) is 0 Å². The molecular weight excluding hydrogens is 294 g/mol. The van der Waals surface area contributed by atoms with Crippen LogP contribution in [-0.2, 0) is 0 Å². The Morgan fingerprint density at radius 1 is 1.00 bits per heavy atom. The average Bonchev–Trinajstić information content (AvgIpc) is 3.07. The van der Waals surface area contributed by atoms with Crippen LogP contribution in [0.5, 0.6) is 0 Å². The van der Waals surface area contributed by atoms with Crippen LogP contribution >= 0.6 is 22.7 Å². The maximum atomic E-state index is 6.62. The zero-order valence-corrected chi connectivity index (χ0v) is 13.3. The summed E-state index contributed by atoms with van der Waals surface area (Å²) in [7, 11) is 0. The van der Waals surface area contributed by atoms with Crippen molar-refractivity contribution in [3.05, 3.63) is 69.9 Å². The van der Waals surface area contributed by atoms with E-state index in [0.29, 0.717) is 0 Å². The van der Waals surface area contributed by atoms with E-state index in [0.717, 1.165) is 0 Å². The lowest BCUT2D eigenvalue weighted by Gasteiger charge is -2.16. The molecule has 3 heteroatoms. The summed E-state index contributed by atoms with van der Waals surface area (Å²) >= 11 is 3.59. The molecule has 0 bridgehead atoms. The van der Waals surface area contributed by atoms with Gasteiger partial charge in [0.15, 0.2) is 0 Å².